The second kappa shape index (κ2) is 15.4. The molecule has 0 radical (unpaired) electrons. The first-order valence-corrected chi connectivity index (χ1v) is 16.9. The summed E-state index contributed by atoms with van der Waals surface area (Å²) >= 11 is 2.52. The van der Waals surface area contributed by atoms with Crippen LogP contribution in [-0.4, -0.2) is 8.07 Å². The molecule has 0 amide bonds. The van der Waals surface area contributed by atoms with Crippen molar-refractivity contribution < 1.29 is 57.7 Å². The van der Waals surface area contributed by atoms with Gasteiger partial charge in [-0.1, -0.05) is 0 Å². The van der Waals surface area contributed by atoms with E-state index in [1.807, 2.05) is 0 Å². The van der Waals surface area contributed by atoms with Gasteiger partial charge in [0, 0.05) is 0 Å². The van der Waals surface area contributed by atoms with E-state index in [9.17, 15) is 0 Å². The third-order valence-electron chi connectivity index (χ3n) is 8.09. The van der Waals surface area contributed by atoms with Gasteiger partial charge < -0.3 is 37.2 Å². The third-order valence-corrected chi connectivity index (χ3v) is 15.4. The molecule has 0 bridgehead atoms. The van der Waals surface area contributed by atoms with Crippen LogP contribution in [0.4, 0.5) is 0 Å². The molecule has 0 spiro atoms. The van der Waals surface area contributed by atoms with E-state index in [1.54, 1.807) is 0 Å². The van der Waals surface area contributed by atoms with Crippen LogP contribution in [0.1, 0.15) is 95.8 Å². The molecule has 0 aliphatic heterocycles. The molecule has 40 heavy (non-hydrogen) atoms. The second-order valence-corrected chi connectivity index (χ2v) is 17.9. The zero-order valence-electron chi connectivity index (χ0n) is 24.9. The molecule has 3 aromatic rings. The third kappa shape index (κ3) is 7.11. The van der Waals surface area contributed by atoms with Gasteiger partial charge in [-0.2, -0.15) is 0 Å². The van der Waals surface area contributed by atoms with Crippen molar-refractivity contribution >= 4 is 23.6 Å². The van der Waals surface area contributed by atoms with E-state index < -0.39 is 8.07 Å². The van der Waals surface area contributed by atoms with Gasteiger partial charge in [0.1, 0.15) is 0 Å². The molecule has 0 aromatic heterocycles. The Morgan fingerprint density at radius 3 is 1.35 bits per heavy atom. The predicted octanol–water partition coefficient (Wildman–Crippen LogP) is -0.920. The predicted molar refractivity (Wildman–Crippen MR) is 161 cm³/mol. The fourth-order valence-electron chi connectivity index (χ4n) is 5.91. The molecular formula is C35H43Cl3SiTi. The Bertz CT molecular complexity index is 1190. The Balaban J connectivity index is 0.00000267. The number of benzene rings is 3. The van der Waals surface area contributed by atoms with Crippen molar-refractivity contribution in [3.63, 3.8) is 0 Å². The van der Waals surface area contributed by atoms with Crippen LogP contribution in [0.25, 0.3) is 0 Å². The summed E-state index contributed by atoms with van der Waals surface area (Å²) in [6.07, 6.45) is 9.93. The molecule has 1 aliphatic rings. The van der Waals surface area contributed by atoms with Gasteiger partial charge in [0.25, 0.3) is 0 Å². The van der Waals surface area contributed by atoms with E-state index in [1.165, 1.54) is 44.2 Å². The first-order valence-electron chi connectivity index (χ1n) is 14.1. The van der Waals surface area contributed by atoms with Crippen LogP contribution in [0.15, 0.2) is 96.6 Å². The topological polar surface area (TPSA) is 0 Å². The summed E-state index contributed by atoms with van der Waals surface area (Å²) in [4.78, 5) is 0. The number of hydrogen-bond acceptors (Lipinski definition) is 0. The number of hydrogen-bond donors (Lipinski definition) is 0. The van der Waals surface area contributed by atoms with Crippen LogP contribution in [0.5, 0.6) is 0 Å². The minimum absolute atomic E-state index is 0. The zero-order valence-corrected chi connectivity index (χ0v) is 29.8. The fourth-order valence-corrected chi connectivity index (χ4v) is 13.7. The van der Waals surface area contributed by atoms with Gasteiger partial charge in [0.15, 0.2) is 0 Å². The average molecular weight is 646 g/mol. The Morgan fingerprint density at radius 2 is 1.02 bits per heavy atom. The van der Waals surface area contributed by atoms with E-state index in [0.717, 1.165) is 6.42 Å². The van der Waals surface area contributed by atoms with Crippen LogP contribution in [0, 0.1) is 0 Å². The maximum Gasteiger partial charge on any atom is -1.00 e. The maximum atomic E-state index is 2.63. The van der Waals surface area contributed by atoms with Crippen molar-refractivity contribution in [2.75, 3.05) is 0 Å². The van der Waals surface area contributed by atoms with E-state index >= 15 is 0 Å². The molecule has 0 heterocycles. The first kappa shape index (κ1) is 37.0. The number of halogens is 3. The fraction of sp³-hybridized carbons (Fsp3) is 0.371. The Morgan fingerprint density at radius 1 is 0.650 bits per heavy atom. The molecule has 0 N–H and O–H groups in total. The summed E-state index contributed by atoms with van der Waals surface area (Å²) in [6, 6.07) is 28.8. The van der Waals surface area contributed by atoms with Crippen LogP contribution in [-0.2, 0) is 20.4 Å². The van der Waals surface area contributed by atoms with Crippen molar-refractivity contribution in [3.05, 3.63) is 113 Å². The van der Waals surface area contributed by atoms with Crippen LogP contribution >= 0.6 is 0 Å². The first-order chi connectivity index (χ1) is 17.6. The number of rotatable bonds is 9. The maximum absolute atomic E-state index is 2.63. The van der Waals surface area contributed by atoms with Crippen molar-refractivity contribution in [2.24, 2.45) is 0 Å². The van der Waals surface area contributed by atoms with Gasteiger partial charge >= 0.3 is 240 Å². The Labute approximate surface area is 275 Å². The largest absolute Gasteiger partial charge is 1.00 e. The van der Waals surface area contributed by atoms with Crippen molar-refractivity contribution in [3.8, 4) is 0 Å². The molecular weight excluding hydrogens is 603 g/mol. The second-order valence-electron chi connectivity index (χ2n) is 11.8. The van der Waals surface area contributed by atoms with E-state index in [0.29, 0.717) is 17.8 Å². The molecule has 1 atom stereocenters. The Kier molecular flexibility index (Phi) is 14.3. The van der Waals surface area contributed by atoms with Crippen LogP contribution < -0.4 is 52.8 Å². The van der Waals surface area contributed by atoms with Crippen molar-refractivity contribution in [2.45, 2.75) is 82.4 Å². The molecule has 1 unspecified atom stereocenters. The molecule has 5 heteroatoms. The minimum atomic E-state index is -2.58. The molecule has 212 valence electrons. The molecule has 1 aliphatic carbocycles. The monoisotopic (exact) mass is 644 g/mol. The van der Waals surface area contributed by atoms with E-state index in [-0.39, 0.29) is 40.6 Å². The van der Waals surface area contributed by atoms with Crippen molar-refractivity contribution in [1.82, 2.24) is 0 Å². The van der Waals surface area contributed by atoms with Gasteiger partial charge in [-0.25, -0.2) is 0 Å². The van der Waals surface area contributed by atoms with Crippen molar-refractivity contribution in [1.29, 1.82) is 0 Å². The normalized spacial score (nSPS) is 16.4. The van der Waals surface area contributed by atoms with Crippen LogP contribution in [0.3, 0.4) is 0 Å². The van der Waals surface area contributed by atoms with Gasteiger partial charge in [-0.15, -0.1) is 0 Å². The van der Waals surface area contributed by atoms with Crippen LogP contribution in [0.2, 0.25) is 3.34 Å². The molecule has 3 aromatic carbocycles. The SMILES string of the molecule is CCCC1=C[C]([Ti+3])([Si](c2cccc(C(C)C)c2)(c2cccc(C(C)C)c2)c2cccc(C(C)C)c2)C=C1.[Cl-].[Cl-].[Cl-]. The molecule has 4 rings (SSSR count). The summed E-state index contributed by atoms with van der Waals surface area (Å²) in [7, 11) is -2.58. The van der Waals surface area contributed by atoms with Gasteiger partial charge in [0.05, 0.1) is 0 Å². The smallest absolute Gasteiger partial charge is 1.00 e. The summed E-state index contributed by atoms with van der Waals surface area (Å²) < 4.78 is -0.0711. The Hall–Kier alpha value is -1.06. The van der Waals surface area contributed by atoms with Gasteiger partial charge in [-0.05, 0) is 0 Å². The quantitative estimate of drug-likeness (QED) is 0.209. The summed E-state index contributed by atoms with van der Waals surface area (Å²) in [6.45, 7) is 16.2. The summed E-state index contributed by atoms with van der Waals surface area (Å²) in [5, 5.41) is 4.55. The van der Waals surface area contributed by atoms with E-state index in [4.69, 9.17) is 0 Å². The molecule has 0 nitrogen and oxygen atoms in total. The van der Waals surface area contributed by atoms with Gasteiger partial charge in [0.2, 0.25) is 0 Å². The minimum Gasteiger partial charge on any atom is -1.00 e. The molecule has 0 fully saturated rings. The summed E-state index contributed by atoms with van der Waals surface area (Å²) in [5.74, 6) is 1.48. The van der Waals surface area contributed by atoms with E-state index in [2.05, 4.69) is 160 Å². The molecule has 0 saturated heterocycles. The molecule has 0 saturated carbocycles. The van der Waals surface area contributed by atoms with Gasteiger partial charge in [-0.3, -0.25) is 0 Å². The number of allylic oxidation sites excluding steroid dienone is 4. The average Bonchev–Trinajstić information content (AvgIpc) is 3.26. The zero-order chi connectivity index (χ0) is 26.8. The standard InChI is InChI=1S/C35H43Si.3ClH.Ti/c1-8-12-28-19-20-35(21-28)36(32-16-9-13-29(22-32)25(2)3,33-17-10-14-30(23-33)26(4)5)34-18-11-15-31(24-34)27(6)7;;;;/h9-11,13-27H,8,12H2,1-7H3;3*1H;/q;;;;+3/p-3. The summed E-state index contributed by atoms with van der Waals surface area (Å²) in [5.41, 5.74) is 5.77.